The van der Waals surface area contributed by atoms with E-state index in [1.165, 1.54) is 12.0 Å². The molecule has 1 amide bonds. The summed E-state index contributed by atoms with van der Waals surface area (Å²) in [5.41, 5.74) is 1.35. The SMILES string of the molecule is Cl.Cl.O=C(NC1CCCN(Cc2ccccc2)C1)[C@@H]1CCCNC1. The van der Waals surface area contributed by atoms with E-state index in [1.807, 2.05) is 0 Å². The topological polar surface area (TPSA) is 44.4 Å². The number of piperidine rings is 2. The Hall–Kier alpha value is -0.810. The molecule has 1 aromatic carbocycles. The molecule has 4 nitrogen and oxygen atoms in total. The van der Waals surface area contributed by atoms with Crippen LogP contribution in [0.5, 0.6) is 0 Å². The summed E-state index contributed by atoms with van der Waals surface area (Å²) in [5, 5.41) is 6.61. The van der Waals surface area contributed by atoms with Crippen molar-refractivity contribution in [2.24, 2.45) is 5.92 Å². The minimum Gasteiger partial charge on any atom is -0.352 e. The van der Waals surface area contributed by atoms with Gasteiger partial charge in [-0.2, -0.15) is 0 Å². The molecule has 1 aromatic rings. The zero-order chi connectivity index (χ0) is 15.2. The Morgan fingerprint density at radius 1 is 1.17 bits per heavy atom. The Labute approximate surface area is 157 Å². The number of rotatable bonds is 4. The van der Waals surface area contributed by atoms with Crippen molar-refractivity contribution in [2.75, 3.05) is 26.2 Å². The predicted molar refractivity (Wildman–Crippen MR) is 103 cm³/mol. The zero-order valence-corrected chi connectivity index (χ0v) is 15.7. The Kier molecular flexibility index (Phi) is 9.67. The van der Waals surface area contributed by atoms with Crippen LogP contribution in [0.1, 0.15) is 31.2 Å². The molecule has 2 aliphatic heterocycles. The third-order valence-electron chi connectivity index (χ3n) is 4.77. The molecule has 2 heterocycles. The summed E-state index contributed by atoms with van der Waals surface area (Å²) in [4.78, 5) is 14.8. The largest absolute Gasteiger partial charge is 0.352 e. The fraction of sp³-hybridized carbons (Fsp3) is 0.611. The molecule has 0 aromatic heterocycles. The van der Waals surface area contributed by atoms with E-state index in [0.717, 1.165) is 52.0 Å². The number of benzene rings is 1. The number of halogens is 2. The van der Waals surface area contributed by atoms with E-state index >= 15 is 0 Å². The monoisotopic (exact) mass is 373 g/mol. The van der Waals surface area contributed by atoms with E-state index in [-0.39, 0.29) is 36.6 Å². The van der Waals surface area contributed by atoms with Crippen molar-refractivity contribution < 1.29 is 4.79 Å². The average Bonchev–Trinajstić information content (AvgIpc) is 2.57. The van der Waals surface area contributed by atoms with Crippen molar-refractivity contribution >= 4 is 30.7 Å². The van der Waals surface area contributed by atoms with Crippen molar-refractivity contribution in [2.45, 2.75) is 38.3 Å². The second-order valence-corrected chi connectivity index (χ2v) is 6.61. The zero-order valence-electron chi connectivity index (χ0n) is 14.1. The number of carbonyl (C=O) groups excluding carboxylic acids is 1. The predicted octanol–water partition coefficient (Wildman–Crippen LogP) is 2.61. The van der Waals surface area contributed by atoms with Crippen molar-refractivity contribution in [1.29, 1.82) is 0 Å². The number of hydrogen-bond acceptors (Lipinski definition) is 3. The number of nitrogens with one attached hydrogen (secondary N) is 2. The summed E-state index contributed by atoms with van der Waals surface area (Å²) in [5.74, 6) is 0.414. The smallest absolute Gasteiger partial charge is 0.224 e. The van der Waals surface area contributed by atoms with Gasteiger partial charge in [0.15, 0.2) is 0 Å². The standard InChI is InChI=1S/C18H27N3O.2ClH/c22-18(16-8-4-10-19-12-16)20-17-9-5-11-21(14-17)13-15-6-2-1-3-7-15;;/h1-3,6-7,16-17,19H,4-5,8-14H2,(H,20,22);2*1H/t16-,17?;;/m1../s1. The maximum atomic E-state index is 12.4. The highest BCUT2D eigenvalue weighted by Crippen LogP contribution is 2.16. The van der Waals surface area contributed by atoms with E-state index in [4.69, 9.17) is 0 Å². The van der Waals surface area contributed by atoms with Crippen LogP contribution in [0.2, 0.25) is 0 Å². The highest BCUT2D eigenvalue weighted by Gasteiger charge is 2.26. The van der Waals surface area contributed by atoms with Gasteiger partial charge < -0.3 is 10.6 Å². The van der Waals surface area contributed by atoms with Crippen LogP contribution in [0.25, 0.3) is 0 Å². The summed E-state index contributed by atoms with van der Waals surface area (Å²) < 4.78 is 0. The molecule has 3 rings (SSSR count). The number of carbonyl (C=O) groups is 1. The van der Waals surface area contributed by atoms with Gasteiger partial charge in [0, 0.05) is 25.7 Å². The van der Waals surface area contributed by atoms with Gasteiger partial charge in [0.05, 0.1) is 5.92 Å². The number of likely N-dealkylation sites (tertiary alicyclic amines) is 1. The highest BCUT2D eigenvalue weighted by molar-refractivity contribution is 5.85. The van der Waals surface area contributed by atoms with Crippen LogP contribution in [-0.4, -0.2) is 43.0 Å². The lowest BCUT2D eigenvalue weighted by Crippen LogP contribution is -2.50. The second kappa shape index (κ2) is 10.9. The molecule has 1 unspecified atom stereocenters. The quantitative estimate of drug-likeness (QED) is 0.852. The van der Waals surface area contributed by atoms with E-state index in [0.29, 0.717) is 6.04 Å². The van der Waals surface area contributed by atoms with Crippen molar-refractivity contribution in [3.8, 4) is 0 Å². The van der Waals surface area contributed by atoms with Gasteiger partial charge in [-0.15, -0.1) is 24.8 Å². The van der Waals surface area contributed by atoms with Crippen LogP contribution < -0.4 is 10.6 Å². The molecule has 2 saturated heterocycles. The lowest BCUT2D eigenvalue weighted by Gasteiger charge is -2.34. The first-order valence-corrected chi connectivity index (χ1v) is 8.58. The minimum absolute atomic E-state index is 0. The molecule has 0 bridgehead atoms. The lowest BCUT2D eigenvalue weighted by atomic mass is 9.97. The minimum atomic E-state index is 0. The Bertz CT molecular complexity index is 480. The van der Waals surface area contributed by atoms with E-state index in [9.17, 15) is 4.79 Å². The van der Waals surface area contributed by atoms with Crippen molar-refractivity contribution in [1.82, 2.24) is 15.5 Å². The van der Waals surface area contributed by atoms with Crippen LogP contribution in [0, 0.1) is 5.92 Å². The van der Waals surface area contributed by atoms with Crippen LogP contribution in [0.4, 0.5) is 0 Å². The van der Waals surface area contributed by atoms with Crippen LogP contribution in [0.3, 0.4) is 0 Å². The number of amides is 1. The van der Waals surface area contributed by atoms with Crippen molar-refractivity contribution in [3.05, 3.63) is 35.9 Å². The number of nitrogens with zero attached hydrogens (tertiary/aromatic N) is 1. The highest BCUT2D eigenvalue weighted by atomic mass is 35.5. The van der Waals surface area contributed by atoms with E-state index < -0.39 is 0 Å². The van der Waals surface area contributed by atoms with Crippen LogP contribution in [-0.2, 0) is 11.3 Å². The first kappa shape index (κ1) is 21.2. The van der Waals surface area contributed by atoms with Gasteiger partial charge in [-0.05, 0) is 44.3 Å². The Morgan fingerprint density at radius 2 is 1.96 bits per heavy atom. The van der Waals surface area contributed by atoms with Gasteiger partial charge in [-0.25, -0.2) is 0 Å². The average molecular weight is 374 g/mol. The van der Waals surface area contributed by atoms with Gasteiger partial charge in [-0.1, -0.05) is 30.3 Å². The van der Waals surface area contributed by atoms with Gasteiger partial charge in [-0.3, -0.25) is 9.69 Å². The van der Waals surface area contributed by atoms with Gasteiger partial charge in [0.2, 0.25) is 5.91 Å². The summed E-state index contributed by atoms with van der Waals surface area (Å²) >= 11 is 0. The lowest BCUT2D eigenvalue weighted by molar-refractivity contribution is -0.126. The first-order chi connectivity index (χ1) is 10.8. The molecule has 136 valence electrons. The van der Waals surface area contributed by atoms with Gasteiger partial charge >= 0.3 is 0 Å². The molecule has 2 aliphatic rings. The van der Waals surface area contributed by atoms with Crippen LogP contribution >= 0.6 is 24.8 Å². The van der Waals surface area contributed by atoms with Gasteiger partial charge in [0.25, 0.3) is 0 Å². The molecule has 6 heteroatoms. The second-order valence-electron chi connectivity index (χ2n) is 6.61. The normalized spacial score (nSPS) is 24.3. The Morgan fingerprint density at radius 3 is 2.67 bits per heavy atom. The summed E-state index contributed by atoms with van der Waals surface area (Å²) in [7, 11) is 0. The fourth-order valence-corrected chi connectivity index (χ4v) is 3.55. The van der Waals surface area contributed by atoms with Crippen molar-refractivity contribution in [3.63, 3.8) is 0 Å². The molecular formula is C18H29Cl2N3O. The fourth-order valence-electron chi connectivity index (χ4n) is 3.55. The third-order valence-corrected chi connectivity index (χ3v) is 4.77. The summed E-state index contributed by atoms with van der Waals surface area (Å²) in [6.45, 7) is 4.98. The molecule has 0 spiro atoms. The molecule has 2 atom stereocenters. The van der Waals surface area contributed by atoms with Crippen LogP contribution in [0.15, 0.2) is 30.3 Å². The first-order valence-electron chi connectivity index (χ1n) is 8.58. The molecule has 2 N–H and O–H groups in total. The Balaban J connectivity index is 0.00000144. The molecule has 0 radical (unpaired) electrons. The van der Waals surface area contributed by atoms with E-state index in [1.54, 1.807) is 0 Å². The van der Waals surface area contributed by atoms with Gasteiger partial charge in [0.1, 0.15) is 0 Å². The van der Waals surface area contributed by atoms with E-state index in [2.05, 4.69) is 45.9 Å². The molecule has 0 saturated carbocycles. The maximum Gasteiger partial charge on any atom is 0.224 e. The summed E-state index contributed by atoms with van der Waals surface area (Å²) in [6.07, 6.45) is 4.42. The molecule has 0 aliphatic carbocycles. The molecule has 24 heavy (non-hydrogen) atoms. The summed E-state index contributed by atoms with van der Waals surface area (Å²) in [6, 6.07) is 10.9. The number of hydrogen-bond donors (Lipinski definition) is 2. The maximum absolute atomic E-state index is 12.4. The molecule has 2 fully saturated rings. The molecular weight excluding hydrogens is 345 g/mol. The third kappa shape index (κ3) is 6.25.